The predicted octanol–water partition coefficient (Wildman–Crippen LogP) is 3.68. The summed E-state index contributed by atoms with van der Waals surface area (Å²) in [5.41, 5.74) is 3.51. The zero-order valence-electron chi connectivity index (χ0n) is 12.8. The van der Waals surface area contributed by atoms with Crippen molar-refractivity contribution in [1.29, 1.82) is 0 Å². The average molecular weight is 286 g/mol. The van der Waals surface area contributed by atoms with Gasteiger partial charge in [0.05, 0.1) is 0 Å². The summed E-state index contributed by atoms with van der Waals surface area (Å²) in [7, 11) is 0. The van der Waals surface area contributed by atoms with Gasteiger partial charge in [-0.3, -0.25) is 4.98 Å². The van der Waals surface area contributed by atoms with Gasteiger partial charge >= 0.3 is 0 Å². The average Bonchev–Trinajstić information content (AvgIpc) is 2.48. The van der Waals surface area contributed by atoms with Gasteiger partial charge in [0.25, 0.3) is 0 Å². The first kappa shape index (κ1) is 15.6. The summed E-state index contributed by atoms with van der Waals surface area (Å²) in [6.45, 7) is 5.14. The molecule has 0 amide bonds. The molecule has 112 valence electrons. The zero-order chi connectivity index (χ0) is 15.1. The summed E-state index contributed by atoms with van der Waals surface area (Å²) in [5, 5.41) is 3.59. The lowest BCUT2D eigenvalue weighted by Crippen LogP contribution is -2.34. The van der Waals surface area contributed by atoms with Crippen LogP contribution in [0.2, 0.25) is 0 Å². The van der Waals surface area contributed by atoms with Gasteiger partial charge in [-0.15, -0.1) is 0 Å². The fraction of sp³-hybridized carbons (Fsp3) is 0.389. The van der Waals surface area contributed by atoms with Crippen molar-refractivity contribution in [1.82, 2.24) is 10.3 Å². The lowest BCUT2D eigenvalue weighted by atomic mass is 9.96. The van der Waals surface area contributed by atoms with Crippen molar-refractivity contribution in [2.24, 2.45) is 0 Å². The number of pyridine rings is 1. The van der Waals surface area contributed by atoms with Crippen LogP contribution in [0, 0.1) is 12.7 Å². The molecule has 0 bridgehead atoms. The molecule has 0 radical (unpaired) electrons. The van der Waals surface area contributed by atoms with E-state index in [4.69, 9.17) is 0 Å². The van der Waals surface area contributed by atoms with E-state index in [1.165, 1.54) is 11.1 Å². The van der Waals surface area contributed by atoms with Gasteiger partial charge in [0.15, 0.2) is 0 Å². The molecule has 2 aromatic rings. The third-order valence-electron chi connectivity index (χ3n) is 3.69. The van der Waals surface area contributed by atoms with Gasteiger partial charge in [0, 0.05) is 18.4 Å². The summed E-state index contributed by atoms with van der Waals surface area (Å²) < 4.78 is 13.2. The van der Waals surface area contributed by atoms with Crippen LogP contribution in [0.5, 0.6) is 0 Å². The summed E-state index contributed by atoms with van der Waals surface area (Å²) in [6, 6.07) is 9.52. The molecule has 0 saturated heterocycles. The van der Waals surface area contributed by atoms with Gasteiger partial charge in [-0.2, -0.15) is 0 Å². The molecule has 3 heteroatoms. The van der Waals surface area contributed by atoms with E-state index < -0.39 is 0 Å². The Morgan fingerprint density at radius 3 is 2.57 bits per heavy atom. The molecule has 0 saturated carbocycles. The molecule has 21 heavy (non-hydrogen) atoms. The van der Waals surface area contributed by atoms with Crippen LogP contribution in [0.3, 0.4) is 0 Å². The molecule has 0 aliphatic carbocycles. The van der Waals surface area contributed by atoms with Crippen molar-refractivity contribution in [2.45, 2.75) is 39.2 Å². The highest BCUT2D eigenvalue weighted by atomic mass is 19.1. The third-order valence-corrected chi connectivity index (χ3v) is 3.69. The summed E-state index contributed by atoms with van der Waals surface area (Å²) in [4.78, 5) is 4.06. The number of hydrogen-bond acceptors (Lipinski definition) is 2. The van der Waals surface area contributed by atoms with E-state index in [0.29, 0.717) is 6.04 Å². The zero-order valence-corrected chi connectivity index (χ0v) is 12.8. The molecule has 0 aliphatic rings. The SMILES string of the molecule is CCCNC(Cc1ccncc1)Cc1ccc(F)cc1C. The molecule has 0 spiro atoms. The van der Waals surface area contributed by atoms with Gasteiger partial charge in [-0.25, -0.2) is 4.39 Å². The second kappa shape index (κ2) is 7.89. The first-order valence-corrected chi connectivity index (χ1v) is 7.56. The molecule has 1 N–H and O–H groups in total. The van der Waals surface area contributed by atoms with E-state index in [1.807, 2.05) is 25.4 Å². The summed E-state index contributed by atoms with van der Waals surface area (Å²) in [6.07, 6.45) is 6.63. The van der Waals surface area contributed by atoms with Crippen molar-refractivity contribution in [3.05, 3.63) is 65.2 Å². The lowest BCUT2D eigenvalue weighted by Gasteiger charge is -2.20. The van der Waals surface area contributed by atoms with Crippen molar-refractivity contribution >= 4 is 0 Å². The monoisotopic (exact) mass is 286 g/mol. The van der Waals surface area contributed by atoms with Crippen molar-refractivity contribution in [2.75, 3.05) is 6.54 Å². The van der Waals surface area contributed by atoms with Gasteiger partial charge < -0.3 is 5.32 Å². The fourth-order valence-corrected chi connectivity index (χ4v) is 2.52. The van der Waals surface area contributed by atoms with Crippen LogP contribution in [0.25, 0.3) is 0 Å². The summed E-state index contributed by atoms with van der Waals surface area (Å²) >= 11 is 0. The Bertz CT molecular complexity index is 554. The van der Waals surface area contributed by atoms with Crippen LogP contribution >= 0.6 is 0 Å². The van der Waals surface area contributed by atoms with E-state index in [1.54, 1.807) is 12.1 Å². The van der Waals surface area contributed by atoms with Crippen molar-refractivity contribution < 1.29 is 4.39 Å². The number of nitrogens with one attached hydrogen (secondary N) is 1. The van der Waals surface area contributed by atoms with E-state index in [0.717, 1.165) is 31.4 Å². The molecular weight excluding hydrogens is 263 g/mol. The highest BCUT2D eigenvalue weighted by Crippen LogP contribution is 2.14. The van der Waals surface area contributed by atoms with Crippen LogP contribution in [-0.2, 0) is 12.8 Å². The van der Waals surface area contributed by atoms with Crippen LogP contribution in [0.4, 0.5) is 4.39 Å². The molecule has 2 rings (SSSR count). The van der Waals surface area contributed by atoms with Gasteiger partial charge in [0.1, 0.15) is 5.82 Å². The molecular formula is C18H23FN2. The Morgan fingerprint density at radius 2 is 1.90 bits per heavy atom. The number of aromatic nitrogens is 1. The molecule has 2 nitrogen and oxygen atoms in total. The molecule has 0 fully saturated rings. The molecule has 1 atom stereocenters. The van der Waals surface area contributed by atoms with E-state index in [9.17, 15) is 4.39 Å². The standard InChI is InChI=1S/C18H23FN2/c1-3-8-21-18(12-15-6-9-20-10-7-15)13-16-4-5-17(19)11-14(16)2/h4-7,9-11,18,21H,3,8,12-13H2,1-2H3. The number of hydrogen-bond donors (Lipinski definition) is 1. The summed E-state index contributed by atoms with van der Waals surface area (Å²) in [5.74, 6) is -0.163. The smallest absolute Gasteiger partial charge is 0.123 e. The topological polar surface area (TPSA) is 24.9 Å². The molecule has 1 aromatic carbocycles. The minimum atomic E-state index is -0.163. The normalized spacial score (nSPS) is 12.3. The Hall–Kier alpha value is -1.74. The third kappa shape index (κ3) is 4.94. The van der Waals surface area contributed by atoms with Crippen molar-refractivity contribution in [3.8, 4) is 0 Å². The Labute approximate surface area is 126 Å². The second-order valence-corrected chi connectivity index (χ2v) is 5.49. The molecule has 1 unspecified atom stereocenters. The fourth-order valence-electron chi connectivity index (χ4n) is 2.52. The highest BCUT2D eigenvalue weighted by Gasteiger charge is 2.11. The molecule has 1 heterocycles. The lowest BCUT2D eigenvalue weighted by molar-refractivity contribution is 0.503. The molecule has 1 aromatic heterocycles. The quantitative estimate of drug-likeness (QED) is 0.840. The maximum absolute atomic E-state index is 13.2. The van der Waals surface area contributed by atoms with E-state index in [-0.39, 0.29) is 5.82 Å². The minimum Gasteiger partial charge on any atom is -0.313 e. The highest BCUT2D eigenvalue weighted by molar-refractivity contribution is 5.28. The molecule has 0 aliphatic heterocycles. The van der Waals surface area contributed by atoms with Gasteiger partial charge in [-0.1, -0.05) is 13.0 Å². The Morgan fingerprint density at radius 1 is 1.14 bits per heavy atom. The predicted molar refractivity (Wildman–Crippen MR) is 84.9 cm³/mol. The minimum absolute atomic E-state index is 0.163. The van der Waals surface area contributed by atoms with Crippen LogP contribution < -0.4 is 5.32 Å². The Balaban J connectivity index is 2.08. The number of benzene rings is 1. The largest absolute Gasteiger partial charge is 0.313 e. The number of aryl methyl sites for hydroxylation is 1. The second-order valence-electron chi connectivity index (χ2n) is 5.49. The first-order valence-electron chi connectivity index (χ1n) is 7.56. The van der Waals surface area contributed by atoms with Gasteiger partial charge in [0.2, 0.25) is 0 Å². The van der Waals surface area contributed by atoms with Gasteiger partial charge in [-0.05, 0) is 73.7 Å². The maximum Gasteiger partial charge on any atom is 0.123 e. The van der Waals surface area contributed by atoms with E-state index >= 15 is 0 Å². The van der Waals surface area contributed by atoms with Crippen LogP contribution in [-0.4, -0.2) is 17.6 Å². The van der Waals surface area contributed by atoms with E-state index in [2.05, 4.69) is 29.4 Å². The number of nitrogens with zero attached hydrogens (tertiary/aromatic N) is 1. The number of rotatable bonds is 7. The maximum atomic E-state index is 13.2. The van der Waals surface area contributed by atoms with Crippen LogP contribution in [0.15, 0.2) is 42.7 Å². The van der Waals surface area contributed by atoms with Crippen LogP contribution in [0.1, 0.15) is 30.0 Å². The Kier molecular flexibility index (Phi) is 5.88. The number of halogens is 1. The first-order chi connectivity index (χ1) is 10.2. The van der Waals surface area contributed by atoms with Crippen molar-refractivity contribution in [3.63, 3.8) is 0 Å².